The molecule has 0 fully saturated rings. The van der Waals surface area contributed by atoms with Crippen LogP contribution in [0.25, 0.3) is 5.57 Å². The van der Waals surface area contributed by atoms with E-state index >= 15 is 0 Å². The zero-order valence-electron chi connectivity index (χ0n) is 15.6. The Morgan fingerprint density at radius 3 is 1.56 bits per heavy atom. The summed E-state index contributed by atoms with van der Waals surface area (Å²) in [6.45, 7) is 0. The Hall–Kier alpha value is -3.41. The molecule has 140 valence electrons. The van der Waals surface area contributed by atoms with Gasteiger partial charge < -0.3 is 23.7 Å². The first kappa shape index (κ1) is 18.4. The topological polar surface area (TPSA) is 63.2 Å². The zero-order chi connectivity index (χ0) is 19.4. The fourth-order valence-electron chi connectivity index (χ4n) is 2.89. The Labute approximate surface area is 157 Å². The van der Waals surface area contributed by atoms with E-state index in [-0.39, 0.29) is 0 Å². The molecule has 0 amide bonds. The molecule has 6 nitrogen and oxygen atoms in total. The van der Waals surface area contributed by atoms with Gasteiger partial charge in [0, 0.05) is 11.6 Å². The Balaban J connectivity index is 2.20. The van der Waals surface area contributed by atoms with E-state index in [0.29, 0.717) is 28.8 Å². The maximum atomic E-state index is 11.6. The molecule has 1 aliphatic rings. The fourth-order valence-corrected chi connectivity index (χ4v) is 2.89. The molecule has 6 heteroatoms. The van der Waals surface area contributed by atoms with Crippen molar-refractivity contribution in [2.75, 3.05) is 28.4 Å². The molecule has 0 atom stereocenters. The maximum absolute atomic E-state index is 11.6. The summed E-state index contributed by atoms with van der Waals surface area (Å²) < 4.78 is 26.8. The van der Waals surface area contributed by atoms with Crippen molar-refractivity contribution in [1.29, 1.82) is 0 Å². The van der Waals surface area contributed by atoms with E-state index in [1.807, 2.05) is 24.3 Å². The zero-order valence-corrected chi connectivity index (χ0v) is 15.6. The van der Waals surface area contributed by atoms with Crippen molar-refractivity contribution in [3.8, 4) is 23.0 Å². The highest BCUT2D eigenvalue weighted by Crippen LogP contribution is 2.38. The second kappa shape index (κ2) is 7.86. The number of carbonyl (C=O) groups excluding carboxylic acids is 1. The van der Waals surface area contributed by atoms with Crippen LogP contribution < -0.4 is 18.9 Å². The van der Waals surface area contributed by atoms with Crippen LogP contribution in [-0.2, 0) is 9.53 Å². The lowest BCUT2D eigenvalue weighted by molar-refractivity contribution is -0.132. The van der Waals surface area contributed by atoms with E-state index < -0.39 is 5.97 Å². The number of hydrogen-bond acceptors (Lipinski definition) is 6. The molecular formula is C21H20O6. The normalized spacial score (nSPS) is 12.6. The van der Waals surface area contributed by atoms with Crippen molar-refractivity contribution in [2.24, 2.45) is 0 Å². The van der Waals surface area contributed by atoms with Gasteiger partial charge in [-0.1, -0.05) is 12.1 Å². The van der Waals surface area contributed by atoms with Gasteiger partial charge in [-0.25, -0.2) is 4.79 Å². The first-order valence-electron chi connectivity index (χ1n) is 8.20. The molecule has 3 rings (SSSR count). The van der Waals surface area contributed by atoms with Gasteiger partial charge >= 0.3 is 5.97 Å². The van der Waals surface area contributed by atoms with E-state index in [4.69, 9.17) is 23.7 Å². The van der Waals surface area contributed by atoms with Crippen molar-refractivity contribution in [3.05, 3.63) is 65.4 Å². The van der Waals surface area contributed by atoms with Crippen molar-refractivity contribution < 1.29 is 28.5 Å². The lowest BCUT2D eigenvalue weighted by Crippen LogP contribution is -2.00. The minimum atomic E-state index is -0.413. The van der Waals surface area contributed by atoms with Gasteiger partial charge in [-0.05, 0) is 41.5 Å². The summed E-state index contributed by atoms with van der Waals surface area (Å²) in [5.74, 6) is 2.39. The Bertz CT molecular complexity index is 869. The first-order chi connectivity index (χ1) is 13.1. The van der Waals surface area contributed by atoms with Crippen molar-refractivity contribution in [2.45, 2.75) is 0 Å². The van der Waals surface area contributed by atoms with Crippen LogP contribution in [0, 0.1) is 0 Å². The van der Waals surface area contributed by atoms with Gasteiger partial charge in [0.2, 0.25) is 0 Å². The second-order valence-electron chi connectivity index (χ2n) is 5.63. The lowest BCUT2D eigenvalue weighted by Gasteiger charge is -2.16. The molecule has 0 aliphatic carbocycles. The van der Waals surface area contributed by atoms with E-state index in [2.05, 4.69) is 0 Å². The van der Waals surface area contributed by atoms with Crippen LogP contribution in [-0.4, -0.2) is 34.4 Å². The molecule has 0 aromatic heterocycles. The molecule has 0 unspecified atom stereocenters. The van der Waals surface area contributed by atoms with Gasteiger partial charge in [0.15, 0.2) is 23.0 Å². The van der Waals surface area contributed by atoms with Gasteiger partial charge in [-0.2, -0.15) is 0 Å². The summed E-state index contributed by atoms with van der Waals surface area (Å²) in [4.78, 5) is 11.6. The summed E-state index contributed by atoms with van der Waals surface area (Å²) in [5.41, 5.74) is 2.32. The summed E-state index contributed by atoms with van der Waals surface area (Å²) >= 11 is 0. The third kappa shape index (κ3) is 3.60. The number of carbonyl (C=O) groups is 1. The summed E-state index contributed by atoms with van der Waals surface area (Å²) in [5, 5.41) is 0. The molecule has 0 N–H and O–H groups in total. The Morgan fingerprint density at radius 2 is 1.19 bits per heavy atom. The predicted molar refractivity (Wildman–Crippen MR) is 100 cm³/mol. The monoisotopic (exact) mass is 368 g/mol. The SMILES string of the molecule is COc1ccc(C(=C2C=CC(=O)O2)c2ccc(OC)c(OC)c2)cc1OC. The summed E-state index contributed by atoms with van der Waals surface area (Å²) in [7, 11) is 6.29. The van der Waals surface area contributed by atoms with E-state index in [9.17, 15) is 4.79 Å². The molecule has 2 aromatic rings. The average molecular weight is 368 g/mol. The van der Waals surface area contributed by atoms with Crippen LogP contribution in [0.5, 0.6) is 23.0 Å². The predicted octanol–water partition coefficient (Wildman–Crippen LogP) is 3.59. The molecule has 0 bridgehead atoms. The number of cyclic esters (lactones) is 1. The van der Waals surface area contributed by atoms with Crippen LogP contribution in [0.3, 0.4) is 0 Å². The number of esters is 1. The van der Waals surface area contributed by atoms with Gasteiger partial charge in [0.1, 0.15) is 5.76 Å². The fraction of sp³-hybridized carbons (Fsp3) is 0.190. The Morgan fingerprint density at radius 1 is 0.704 bits per heavy atom. The number of rotatable bonds is 6. The van der Waals surface area contributed by atoms with Crippen molar-refractivity contribution >= 4 is 11.5 Å². The van der Waals surface area contributed by atoms with E-state index in [0.717, 1.165) is 16.7 Å². The standard InChI is InChI=1S/C21H20O6/c1-23-15-7-5-13(11-18(15)25-3)21(17-9-10-20(22)27-17)14-6-8-16(24-2)19(12-14)26-4/h5-12H,1-4H3. The largest absolute Gasteiger partial charge is 0.493 e. The van der Waals surface area contributed by atoms with Crippen LogP contribution in [0.4, 0.5) is 0 Å². The molecule has 27 heavy (non-hydrogen) atoms. The number of methoxy groups -OCH3 is 4. The highest BCUT2D eigenvalue weighted by Gasteiger charge is 2.21. The van der Waals surface area contributed by atoms with Crippen molar-refractivity contribution in [3.63, 3.8) is 0 Å². The summed E-state index contributed by atoms with van der Waals surface area (Å²) in [6, 6.07) is 11.0. The molecule has 0 saturated heterocycles. The van der Waals surface area contributed by atoms with Gasteiger partial charge in [0.05, 0.1) is 28.4 Å². The number of allylic oxidation sites excluding steroid dienone is 1. The minimum absolute atomic E-state index is 0.413. The highest BCUT2D eigenvalue weighted by atomic mass is 16.5. The lowest BCUT2D eigenvalue weighted by atomic mass is 9.95. The number of hydrogen-bond donors (Lipinski definition) is 0. The number of ether oxygens (including phenoxy) is 5. The number of benzene rings is 2. The van der Waals surface area contributed by atoms with E-state index in [1.54, 1.807) is 46.6 Å². The smallest absolute Gasteiger partial charge is 0.336 e. The minimum Gasteiger partial charge on any atom is -0.493 e. The molecule has 1 aliphatic heterocycles. The van der Waals surface area contributed by atoms with Crippen LogP contribution in [0.15, 0.2) is 54.3 Å². The maximum Gasteiger partial charge on any atom is 0.336 e. The first-order valence-corrected chi connectivity index (χ1v) is 8.20. The molecule has 0 saturated carbocycles. The highest BCUT2D eigenvalue weighted by molar-refractivity contribution is 5.93. The van der Waals surface area contributed by atoms with Crippen LogP contribution in [0.1, 0.15) is 11.1 Å². The molecule has 0 spiro atoms. The molecule has 1 heterocycles. The quantitative estimate of drug-likeness (QED) is 0.726. The summed E-state index contributed by atoms with van der Waals surface area (Å²) in [6.07, 6.45) is 3.03. The third-order valence-electron chi connectivity index (χ3n) is 4.17. The third-order valence-corrected chi connectivity index (χ3v) is 4.17. The van der Waals surface area contributed by atoms with Crippen LogP contribution in [0.2, 0.25) is 0 Å². The molecule has 2 aromatic carbocycles. The van der Waals surface area contributed by atoms with E-state index in [1.165, 1.54) is 6.08 Å². The Kier molecular flexibility index (Phi) is 5.35. The van der Waals surface area contributed by atoms with Crippen LogP contribution >= 0.6 is 0 Å². The van der Waals surface area contributed by atoms with Gasteiger partial charge in [-0.3, -0.25) is 0 Å². The van der Waals surface area contributed by atoms with Gasteiger partial charge in [-0.15, -0.1) is 0 Å². The molecule has 0 radical (unpaired) electrons. The second-order valence-corrected chi connectivity index (χ2v) is 5.63. The van der Waals surface area contributed by atoms with Crippen molar-refractivity contribution in [1.82, 2.24) is 0 Å². The van der Waals surface area contributed by atoms with Gasteiger partial charge in [0.25, 0.3) is 0 Å². The molecular weight excluding hydrogens is 348 g/mol. The average Bonchev–Trinajstić information content (AvgIpc) is 3.13.